The van der Waals surface area contributed by atoms with Gasteiger partial charge in [-0.3, -0.25) is 19.3 Å². The van der Waals surface area contributed by atoms with Crippen molar-refractivity contribution in [3.63, 3.8) is 0 Å². The molecular weight excluding hydrogens is 564 g/mol. The number of aryl methyl sites for hydroxylation is 1. The number of anilines is 1. The van der Waals surface area contributed by atoms with E-state index < -0.39 is 17.1 Å². The standard InChI is InChI=1S/C27H22BrClN2O4S/c1-2-17-7-10-20(11-8-17)30-25(32)15-31-26(33)24(36-27(31)34)14-18-9-12-23(21(28)13-18)35-16-19-5-3-4-6-22(19)29/h3-14H,2,15-16H2,1H3,(H,30,32)/b24-14+. The van der Waals surface area contributed by atoms with Gasteiger partial charge < -0.3 is 10.1 Å². The molecule has 36 heavy (non-hydrogen) atoms. The zero-order valence-electron chi connectivity index (χ0n) is 19.3. The van der Waals surface area contributed by atoms with Gasteiger partial charge in [0, 0.05) is 16.3 Å². The van der Waals surface area contributed by atoms with Crippen LogP contribution in [-0.2, 0) is 22.6 Å². The van der Waals surface area contributed by atoms with Crippen molar-refractivity contribution >= 4 is 68.1 Å². The maximum absolute atomic E-state index is 12.8. The van der Waals surface area contributed by atoms with E-state index in [9.17, 15) is 14.4 Å². The van der Waals surface area contributed by atoms with Crippen molar-refractivity contribution in [1.82, 2.24) is 4.90 Å². The summed E-state index contributed by atoms with van der Waals surface area (Å²) in [5.41, 5.74) is 3.33. The molecule has 6 nitrogen and oxygen atoms in total. The monoisotopic (exact) mass is 584 g/mol. The Kier molecular flexibility index (Phi) is 8.51. The minimum absolute atomic E-state index is 0.247. The summed E-state index contributed by atoms with van der Waals surface area (Å²) in [5.74, 6) is -0.328. The van der Waals surface area contributed by atoms with Gasteiger partial charge >= 0.3 is 0 Å². The highest BCUT2D eigenvalue weighted by Gasteiger charge is 2.36. The summed E-state index contributed by atoms with van der Waals surface area (Å²) in [6.45, 7) is 2.00. The van der Waals surface area contributed by atoms with Crippen LogP contribution in [0.4, 0.5) is 10.5 Å². The van der Waals surface area contributed by atoms with Gasteiger partial charge in [0.15, 0.2) is 0 Å². The molecule has 0 unspecified atom stereocenters. The van der Waals surface area contributed by atoms with Crippen LogP contribution in [-0.4, -0.2) is 28.5 Å². The first kappa shape index (κ1) is 26.0. The van der Waals surface area contributed by atoms with Crippen LogP contribution in [0.3, 0.4) is 0 Å². The van der Waals surface area contributed by atoms with E-state index in [1.54, 1.807) is 42.5 Å². The van der Waals surface area contributed by atoms with Crippen LogP contribution in [0.15, 0.2) is 76.1 Å². The molecule has 1 saturated heterocycles. The van der Waals surface area contributed by atoms with Gasteiger partial charge in [-0.15, -0.1) is 0 Å². The van der Waals surface area contributed by atoms with Crippen LogP contribution in [0.25, 0.3) is 6.08 Å². The smallest absolute Gasteiger partial charge is 0.294 e. The van der Waals surface area contributed by atoms with E-state index >= 15 is 0 Å². The zero-order chi connectivity index (χ0) is 25.7. The van der Waals surface area contributed by atoms with Crippen molar-refractivity contribution in [2.45, 2.75) is 20.0 Å². The Balaban J connectivity index is 1.39. The Morgan fingerprint density at radius 3 is 2.56 bits per heavy atom. The molecule has 1 heterocycles. The number of benzene rings is 3. The SMILES string of the molecule is CCc1ccc(NC(=O)CN2C(=O)S/C(=C/c3ccc(OCc4ccccc4Cl)c(Br)c3)C2=O)cc1. The second kappa shape index (κ2) is 11.8. The maximum atomic E-state index is 12.8. The Hall–Kier alpha value is -3.07. The van der Waals surface area contributed by atoms with Crippen LogP contribution in [0.2, 0.25) is 5.02 Å². The van der Waals surface area contributed by atoms with E-state index in [0.717, 1.165) is 34.2 Å². The van der Waals surface area contributed by atoms with E-state index in [-0.39, 0.29) is 11.4 Å². The number of carbonyl (C=O) groups excluding carboxylic acids is 3. The highest BCUT2D eigenvalue weighted by atomic mass is 79.9. The number of ether oxygens (including phenoxy) is 1. The Morgan fingerprint density at radius 1 is 1.11 bits per heavy atom. The number of halogens is 2. The van der Waals surface area contributed by atoms with Crippen molar-refractivity contribution in [3.05, 3.63) is 97.8 Å². The lowest BCUT2D eigenvalue weighted by atomic mass is 10.1. The number of carbonyl (C=O) groups is 3. The number of amides is 3. The molecule has 9 heteroatoms. The molecule has 0 atom stereocenters. The van der Waals surface area contributed by atoms with Crippen LogP contribution < -0.4 is 10.1 Å². The van der Waals surface area contributed by atoms with Crippen molar-refractivity contribution in [2.24, 2.45) is 0 Å². The molecule has 3 aromatic carbocycles. The fraction of sp³-hybridized carbons (Fsp3) is 0.148. The molecule has 1 N–H and O–H groups in total. The molecule has 0 aromatic heterocycles. The summed E-state index contributed by atoms with van der Waals surface area (Å²) in [7, 11) is 0. The van der Waals surface area contributed by atoms with Gasteiger partial charge in [0.25, 0.3) is 11.1 Å². The largest absolute Gasteiger partial charge is 0.488 e. The molecule has 3 amide bonds. The second-order valence-electron chi connectivity index (χ2n) is 7.94. The normalized spacial score (nSPS) is 14.4. The summed E-state index contributed by atoms with van der Waals surface area (Å²) in [5, 5.41) is 2.87. The van der Waals surface area contributed by atoms with Crippen molar-refractivity contribution in [2.75, 3.05) is 11.9 Å². The number of hydrogen-bond acceptors (Lipinski definition) is 5. The number of nitrogens with one attached hydrogen (secondary N) is 1. The molecule has 1 fully saturated rings. The minimum Gasteiger partial charge on any atom is -0.488 e. The first-order valence-electron chi connectivity index (χ1n) is 11.1. The molecule has 3 aromatic rings. The maximum Gasteiger partial charge on any atom is 0.294 e. The predicted octanol–water partition coefficient (Wildman–Crippen LogP) is 6.92. The summed E-state index contributed by atoms with van der Waals surface area (Å²) >= 11 is 10.5. The lowest BCUT2D eigenvalue weighted by molar-refractivity contribution is -0.127. The van der Waals surface area contributed by atoms with E-state index in [1.807, 2.05) is 37.3 Å². The first-order valence-corrected chi connectivity index (χ1v) is 13.1. The molecule has 0 radical (unpaired) electrons. The van der Waals surface area contributed by atoms with Crippen LogP contribution >= 0.6 is 39.3 Å². The molecule has 0 bridgehead atoms. The predicted molar refractivity (Wildman–Crippen MR) is 147 cm³/mol. The van der Waals surface area contributed by atoms with Gasteiger partial charge in [-0.05, 0) is 81.6 Å². The van der Waals surface area contributed by atoms with Gasteiger partial charge in [0.1, 0.15) is 18.9 Å². The molecular formula is C27H22BrClN2O4S. The fourth-order valence-electron chi connectivity index (χ4n) is 3.45. The van der Waals surface area contributed by atoms with Crippen LogP contribution in [0.1, 0.15) is 23.6 Å². The Morgan fingerprint density at radius 2 is 1.86 bits per heavy atom. The molecule has 4 rings (SSSR count). The minimum atomic E-state index is -0.503. The molecule has 0 aliphatic carbocycles. The third kappa shape index (κ3) is 6.37. The number of hydrogen-bond donors (Lipinski definition) is 1. The number of rotatable bonds is 8. The van der Waals surface area contributed by atoms with Crippen molar-refractivity contribution in [3.8, 4) is 5.75 Å². The van der Waals surface area contributed by atoms with E-state index in [2.05, 4.69) is 21.2 Å². The summed E-state index contributed by atoms with van der Waals surface area (Å²) in [6.07, 6.45) is 2.51. The average molecular weight is 586 g/mol. The third-order valence-electron chi connectivity index (χ3n) is 5.42. The first-order chi connectivity index (χ1) is 17.3. The second-order valence-corrected chi connectivity index (χ2v) is 10.2. The number of imide groups is 1. The molecule has 1 aliphatic heterocycles. The van der Waals surface area contributed by atoms with E-state index in [0.29, 0.717) is 33.1 Å². The lowest BCUT2D eigenvalue weighted by Crippen LogP contribution is -2.36. The van der Waals surface area contributed by atoms with Gasteiger partial charge in [-0.1, -0.05) is 54.9 Å². The molecule has 184 valence electrons. The van der Waals surface area contributed by atoms with E-state index in [4.69, 9.17) is 16.3 Å². The summed E-state index contributed by atoms with van der Waals surface area (Å²) in [4.78, 5) is 38.9. The summed E-state index contributed by atoms with van der Waals surface area (Å²) in [6, 6.07) is 20.2. The average Bonchev–Trinajstić information content (AvgIpc) is 3.12. The van der Waals surface area contributed by atoms with Gasteiger partial charge in [0.05, 0.1) is 9.38 Å². The fourth-order valence-corrected chi connectivity index (χ4v) is 4.99. The molecule has 0 saturated carbocycles. The van der Waals surface area contributed by atoms with E-state index in [1.165, 1.54) is 0 Å². The lowest BCUT2D eigenvalue weighted by Gasteiger charge is -2.12. The highest BCUT2D eigenvalue weighted by Crippen LogP contribution is 2.34. The zero-order valence-corrected chi connectivity index (χ0v) is 22.5. The van der Waals surface area contributed by atoms with Crippen molar-refractivity contribution < 1.29 is 19.1 Å². The van der Waals surface area contributed by atoms with Crippen LogP contribution in [0.5, 0.6) is 5.75 Å². The van der Waals surface area contributed by atoms with Gasteiger partial charge in [-0.25, -0.2) is 0 Å². The quantitative estimate of drug-likeness (QED) is 0.291. The number of thioether (sulfide) groups is 1. The van der Waals surface area contributed by atoms with Gasteiger partial charge in [0.2, 0.25) is 5.91 Å². The Bertz CT molecular complexity index is 1340. The topological polar surface area (TPSA) is 75.7 Å². The Labute approximate surface area is 226 Å². The third-order valence-corrected chi connectivity index (χ3v) is 7.31. The highest BCUT2D eigenvalue weighted by molar-refractivity contribution is 9.10. The summed E-state index contributed by atoms with van der Waals surface area (Å²) < 4.78 is 6.55. The van der Waals surface area contributed by atoms with Crippen LogP contribution in [0, 0.1) is 0 Å². The van der Waals surface area contributed by atoms with Crippen molar-refractivity contribution in [1.29, 1.82) is 0 Å². The molecule has 0 spiro atoms. The molecule has 1 aliphatic rings. The number of nitrogens with zero attached hydrogens (tertiary/aromatic N) is 1. The van der Waals surface area contributed by atoms with Gasteiger partial charge in [-0.2, -0.15) is 0 Å².